The Balaban J connectivity index is 3.37. The van der Waals surface area contributed by atoms with Crippen LogP contribution in [-0.2, 0) is 14.3 Å². The molecule has 0 aliphatic rings. The molecular formula is C6H12O4. The summed E-state index contributed by atoms with van der Waals surface area (Å²) < 4.78 is 8.90. The van der Waals surface area contributed by atoms with Crippen LogP contribution in [-0.4, -0.2) is 38.0 Å². The van der Waals surface area contributed by atoms with Crippen molar-refractivity contribution in [3.8, 4) is 0 Å². The summed E-state index contributed by atoms with van der Waals surface area (Å²) >= 11 is 0. The second-order valence-electron chi connectivity index (χ2n) is 1.89. The number of carbonyl (C=O) groups excluding carboxylic acids is 1. The van der Waals surface area contributed by atoms with Gasteiger partial charge in [0.25, 0.3) is 0 Å². The van der Waals surface area contributed by atoms with Gasteiger partial charge in [0.05, 0.1) is 26.2 Å². The van der Waals surface area contributed by atoms with Crippen molar-refractivity contribution in [2.75, 3.05) is 20.8 Å². The summed E-state index contributed by atoms with van der Waals surface area (Å²) in [6.45, 7) is 0.162. The summed E-state index contributed by atoms with van der Waals surface area (Å²) in [7, 11) is 2.74. The highest BCUT2D eigenvalue weighted by Crippen LogP contribution is 1.93. The van der Waals surface area contributed by atoms with Crippen molar-refractivity contribution in [1.29, 1.82) is 0 Å². The third-order valence-electron chi connectivity index (χ3n) is 0.989. The normalized spacial score (nSPS) is 12.7. The molecule has 0 saturated carbocycles. The van der Waals surface area contributed by atoms with E-state index in [2.05, 4.69) is 9.47 Å². The van der Waals surface area contributed by atoms with E-state index in [4.69, 9.17) is 5.11 Å². The van der Waals surface area contributed by atoms with Crippen molar-refractivity contribution in [3.63, 3.8) is 0 Å². The molecule has 10 heavy (non-hydrogen) atoms. The molecule has 4 heteroatoms. The van der Waals surface area contributed by atoms with Gasteiger partial charge in [-0.25, -0.2) is 0 Å². The Morgan fingerprint density at radius 3 is 2.60 bits per heavy atom. The molecule has 0 unspecified atom stereocenters. The molecule has 0 fully saturated rings. The quantitative estimate of drug-likeness (QED) is 0.549. The van der Waals surface area contributed by atoms with Crippen LogP contribution in [0.5, 0.6) is 0 Å². The third kappa shape index (κ3) is 4.29. The zero-order chi connectivity index (χ0) is 7.98. The number of aliphatic hydroxyl groups excluding tert-OH is 1. The van der Waals surface area contributed by atoms with Crippen molar-refractivity contribution in [1.82, 2.24) is 0 Å². The number of rotatable bonds is 4. The van der Waals surface area contributed by atoms with Crippen LogP contribution in [0.1, 0.15) is 6.42 Å². The van der Waals surface area contributed by atoms with Gasteiger partial charge in [-0.05, 0) is 0 Å². The van der Waals surface area contributed by atoms with Crippen LogP contribution in [0.2, 0.25) is 0 Å². The number of ether oxygens (including phenoxy) is 2. The second-order valence-corrected chi connectivity index (χ2v) is 1.89. The van der Waals surface area contributed by atoms with Crippen LogP contribution in [0.4, 0.5) is 0 Å². The minimum atomic E-state index is -0.752. The molecule has 0 aromatic carbocycles. The molecule has 0 bridgehead atoms. The molecule has 0 aliphatic carbocycles. The Morgan fingerprint density at radius 1 is 1.60 bits per heavy atom. The predicted molar refractivity (Wildman–Crippen MR) is 34.5 cm³/mol. The topological polar surface area (TPSA) is 55.8 Å². The van der Waals surface area contributed by atoms with Gasteiger partial charge in [-0.3, -0.25) is 4.79 Å². The fourth-order valence-electron chi connectivity index (χ4n) is 0.527. The standard InChI is InChI=1S/C6H12O4/c1-9-4-5(7)3-6(8)10-2/h5,7H,3-4H2,1-2H3/t5-/m1/s1. The van der Waals surface area contributed by atoms with Gasteiger partial charge in [-0.15, -0.1) is 0 Å². The van der Waals surface area contributed by atoms with E-state index in [-0.39, 0.29) is 13.0 Å². The van der Waals surface area contributed by atoms with Crippen molar-refractivity contribution in [3.05, 3.63) is 0 Å². The largest absolute Gasteiger partial charge is 0.469 e. The van der Waals surface area contributed by atoms with Crippen LogP contribution in [0.3, 0.4) is 0 Å². The first-order valence-corrected chi connectivity index (χ1v) is 2.94. The van der Waals surface area contributed by atoms with Crippen molar-refractivity contribution >= 4 is 5.97 Å². The molecule has 1 N–H and O–H groups in total. The molecule has 1 atom stereocenters. The Kier molecular flexibility index (Phi) is 4.88. The summed E-state index contributed by atoms with van der Waals surface area (Å²) in [6, 6.07) is 0. The van der Waals surface area contributed by atoms with Crippen molar-refractivity contribution in [2.24, 2.45) is 0 Å². The molecule has 0 aromatic rings. The number of esters is 1. The number of methoxy groups -OCH3 is 2. The zero-order valence-corrected chi connectivity index (χ0v) is 6.16. The lowest BCUT2D eigenvalue weighted by atomic mass is 10.3. The lowest BCUT2D eigenvalue weighted by Crippen LogP contribution is -2.19. The number of hydrogen-bond acceptors (Lipinski definition) is 4. The molecule has 0 saturated heterocycles. The van der Waals surface area contributed by atoms with E-state index in [0.29, 0.717) is 0 Å². The molecule has 0 aromatic heterocycles. The van der Waals surface area contributed by atoms with Gasteiger partial charge >= 0.3 is 5.97 Å². The first-order chi connectivity index (χ1) is 4.70. The van der Waals surface area contributed by atoms with Gasteiger partial charge in [0.1, 0.15) is 0 Å². The number of hydrogen-bond donors (Lipinski definition) is 1. The van der Waals surface area contributed by atoms with E-state index in [9.17, 15) is 4.79 Å². The summed E-state index contributed by atoms with van der Waals surface area (Å²) in [5.74, 6) is -0.426. The van der Waals surface area contributed by atoms with Crippen LogP contribution >= 0.6 is 0 Å². The lowest BCUT2D eigenvalue weighted by molar-refractivity contribution is -0.143. The maximum atomic E-state index is 10.5. The SMILES string of the molecule is COC[C@H](O)CC(=O)OC. The molecule has 0 spiro atoms. The smallest absolute Gasteiger partial charge is 0.308 e. The van der Waals surface area contributed by atoms with Gasteiger partial charge < -0.3 is 14.6 Å². The van der Waals surface area contributed by atoms with Crippen molar-refractivity contribution in [2.45, 2.75) is 12.5 Å². The van der Waals surface area contributed by atoms with E-state index in [1.165, 1.54) is 14.2 Å². The van der Waals surface area contributed by atoms with Gasteiger partial charge in [0, 0.05) is 7.11 Å². The molecule has 0 radical (unpaired) electrons. The Labute approximate surface area is 59.7 Å². The highest BCUT2D eigenvalue weighted by molar-refractivity contribution is 5.69. The summed E-state index contributed by atoms with van der Waals surface area (Å²) in [5, 5.41) is 8.92. The zero-order valence-electron chi connectivity index (χ0n) is 6.16. The first-order valence-electron chi connectivity index (χ1n) is 2.94. The molecule has 0 rings (SSSR count). The Bertz CT molecular complexity index is 102. The third-order valence-corrected chi connectivity index (χ3v) is 0.989. The van der Waals surface area contributed by atoms with Gasteiger partial charge in [0.15, 0.2) is 0 Å². The molecule has 0 heterocycles. The average Bonchev–Trinajstić information content (AvgIpc) is 1.88. The van der Waals surface area contributed by atoms with Crippen LogP contribution in [0, 0.1) is 0 Å². The molecule has 0 aliphatic heterocycles. The first kappa shape index (κ1) is 9.39. The summed E-state index contributed by atoms with van der Waals surface area (Å²) in [6.07, 6.45) is -0.762. The van der Waals surface area contributed by atoms with E-state index >= 15 is 0 Å². The van der Waals surface area contributed by atoms with E-state index in [1.807, 2.05) is 0 Å². The molecular weight excluding hydrogens is 136 g/mol. The number of aliphatic hydroxyl groups is 1. The minimum absolute atomic E-state index is 0.00958. The lowest BCUT2D eigenvalue weighted by Gasteiger charge is -2.06. The molecule has 0 amide bonds. The minimum Gasteiger partial charge on any atom is -0.469 e. The van der Waals surface area contributed by atoms with Crippen LogP contribution < -0.4 is 0 Å². The van der Waals surface area contributed by atoms with E-state index < -0.39 is 12.1 Å². The van der Waals surface area contributed by atoms with Gasteiger partial charge in [0.2, 0.25) is 0 Å². The Hall–Kier alpha value is -0.610. The average molecular weight is 148 g/mol. The van der Waals surface area contributed by atoms with E-state index in [0.717, 1.165) is 0 Å². The fraction of sp³-hybridized carbons (Fsp3) is 0.833. The second kappa shape index (κ2) is 5.20. The maximum absolute atomic E-state index is 10.5. The Morgan fingerprint density at radius 2 is 2.20 bits per heavy atom. The van der Waals surface area contributed by atoms with Gasteiger partial charge in [-0.2, -0.15) is 0 Å². The monoisotopic (exact) mass is 148 g/mol. The number of carbonyl (C=O) groups is 1. The van der Waals surface area contributed by atoms with Gasteiger partial charge in [-0.1, -0.05) is 0 Å². The maximum Gasteiger partial charge on any atom is 0.308 e. The summed E-state index contributed by atoms with van der Waals surface area (Å²) in [5.41, 5.74) is 0. The predicted octanol–water partition coefficient (Wildman–Crippen LogP) is -0.443. The highest BCUT2D eigenvalue weighted by atomic mass is 16.5. The van der Waals surface area contributed by atoms with Crippen LogP contribution in [0.25, 0.3) is 0 Å². The molecule has 60 valence electrons. The molecule has 4 nitrogen and oxygen atoms in total. The fourth-order valence-corrected chi connectivity index (χ4v) is 0.527. The van der Waals surface area contributed by atoms with Crippen LogP contribution in [0.15, 0.2) is 0 Å². The highest BCUT2D eigenvalue weighted by Gasteiger charge is 2.09. The summed E-state index contributed by atoms with van der Waals surface area (Å²) in [4.78, 5) is 10.5. The van der Waals surface area contributed by atoms with E-state index in [1.54, 1.807) is 0 Å². The van der Waals surface area contributed by atoms with Crippen molar-refractivity contribution < 1.29 is 19.4 Å².